The van der Waals surface area contributed by atoms with Crippen molar-refractivity contribution in [2.24, 2.45) is 0 Å². The molecule has 0 heterocycles. The molecule has 0 aromatic heterocycles. The molecule has 0 unspecified atom stereocenters. The predicted octanol–water partition coefficient (Wildman–Crippen LogP) is 3.05. The minimum atomic E-state index is -0.990. The van der Waals surface area contributed by atoms with Crippen LogP contribution in [0.15, 0.2) is 30.8 Å². The molecule has 0 saturated heterocycles. The van der Waals surface area contributed by atoms with E-state index in [2.05, 4.69) is 6.58 Å². The summed E-state index contributed by atoms with van der Waals surface area (Å²) < 4.78 is 10.6. The Balaban J connectivity index is 2.81. The van der Waals surface area contributed by atoms with E-state index in [1.165, 1.54) is 0 Å². The number of esters is 1. The van der Waals surface area contributed by atoms with E-state index in [-0.39, 0.29) is 5.97 Å². The number of rotatable bonds is 5. The van der Waals surface area contributed by atoms with E-state index in [0.29, 0.717) is 12.4 Å². The van der Waals surface area contributed by atoms with E-state index in [1.54, 1.807) is 32.9 Å². The molecule has 0 radical (unpaired) electrons. The summed E-state index contributed by atoms with van der Waals surface area (Å²) in [6.45, 7) is 9.17. The van der Waals surface area contributed by atoms with Crippen LogP contribution in [-0.2, 0) is 9.53 Å². The van der Waals surface area contributed by atoms with Crippen molar-refractivity contribution in [3.63, 3.8) is 0 Å². The molecule has 0 fully saturated rings. The molecule has 0 N–H and O–H groups in total. The summed E-state index contributed by atoms with van der Waals surface area (Å²) in [5.41, 5.74) is -0.0438. The zero-order valence-electron chi connectivity index (χ0n) is 10.5. The zero-order chi connectivity index (χ0) is 12.9. The smallest absolute Gasteiger partial charge is 0.349 e. The first kappa shape index (κ1) is 13.3. The molecule has 0 aliphatic carbocycles. The van der Waals surface area contributed by atoms with Gasteiger partial charge < -0.3 is 9.47 Å². The van der Waals surface area contributed by atoms with Crippen molar-refractivity contribution in [2.75, 3.05) is 6.61 Å². The highest BCUT2D eigenvalue weighted by atomic mass is 16.6. The molecule has 0 aliphatic heterocycles. The Morgan fingerprint density at radius 1 is 1.47 bits per heavy atom. The van der Waals surface area contributed by atoms with E-state index in [1.807, 2.05) is 18.2 Å². The highest BCUT2D eigenvalue weighted by Crippen LogP contribution is 2.21. The van der Waals surface area contributed by atoms with Gasteiger partial charge in [0.05, 0.1) is 6.61 Å². The van der Waals surface area contributed by atoms with E-state index in [0.717, 1.165) is 5.56 Å². The Morgan fingerprint density at radius 3 is 2.76 bits per heavy atom. The van der Waals surface area contributed by atoms with Crippen LogP contribution in [0, 0.1) is 0 Å². The average molecular weight is 234 g/mol. The van der Waals surface area contributed by atoms with Crippen molar-refractivity contribution < 1.29 is 14.3 Å². The van der Waals surface area contributed by atoms with Crippen molar-refractivity contribution >= 4 is 12.0 Å². The standard InChI is InChI=1S/C14H18O3/c1-5-11-8-7-9-12(10-11)17-14(3,4)13(15)16-6-2/h5,7-10H,1,6H2,2-4H3. The van der Waals surface area contributed by atoms with Crippen molar-refractivity contribution in [3.05, 3.63) is 36.4 Å². The summed E-state index contributed by atoms with van der Waals surface area (Å²) in [5, 5.41) is 0. The molecular weight excluding hydrogens is 216 g/mol. The number of benzene rings is 1. The minimum absolute atomic E-state index is 0.346. The van der Waals surface area contributed by atoms with Gasteiger partial charge in [-0.2, -0.15) is 0 Å². The van der Waals surface area contributed by atoms with Crippen molar-refractivity contribution in [1.82, 2.24) is 0 Å². The molecular formula is C14H18O3. The average Bonchev–Trinajstić information content (AvgIpc) is 2.29. The Hall–Kier alpha value is -1.77. The van der Waals surface area contributed by atoms with E-state index in [9.17, 15) is 4.79 Å². The summed E-state index contributed by atoms with van der Waals surface area (Å²) in [4.78, 5) is 11.7. The molecule has 0 spiro atoms. The van der Waals surface area contributed by atoms with Crippen LogP contribution >= 0.6 is 0 Å². The van der Waals surface area contributed by atoms with Crippen molar-refractivity contribution in [2.45, 2.75) is 26.4 Å². The van der Waals surface area contributed by atoms with Gasteiger partial charge in [-0.05, 0) is 38.5 Å². The van der Waals surface area contributed by atoms with Gasteiger partial charge in [0.25, 0.3) is 0 Å². The van der Waals surface area contributed by atoms with Crippen LogP contribution in [0.4, 0.5) is 0 Å². The zero-order valence-corrected chi connectivity index (χ0v) is 10.5. The molecule has 0 atom stereocenters. The van der Waals surface area contributed by atoms with Crippen LogP contribution in [0.2, 0.25) is 0 Å². The van der Waals surface area contributed by atoms with Crippen molar-refractivity contribution in [1.29, 1.82) is 0 Å². The second-order valence-electron chi connectivity index (χ2n) is 4.11. The first-order chi connectivity index (χ1) is 7.99. The lowest BCUT2D eigenvalue weighted by atomic mass is 10.1. The molecule has 0 aliphatic rings. The van der Waals surface area contributed by atoms with Gasteiger partial charge in [0.15, 0.2) is 5.60 Å². The maximum absolute atomic E-state index is 11.7. The third kappa shape index (κ3) is 3.63. The molecule has 0 bridgehead atoms. The van der Waals surface area contributed by atoms with Crippen LogP contribution in [0.5, 0.6) is 5.75 Å². The highest BCUT2D eigenvalue weighted by Gasteiger charge is 2.31. The van der Waals surface area contributed by atoms with Crippen LogP contribution in [0.25, 0.3) is 6.08 Å². The van der Waals surface area contributed by atoms with Crippen molar-refractivity contribution in [3.8, 4) is 5.75 Å². The first-order valence-corrected chi connectivity index (χ1v) is 5.58. The summed E-state index contributed by atoms with van der Waals surface area (Å²) >= 11 is 0. The van der Waals surface area contributed by atoms with Gasteiger partial charge in [0.2, 0.25) is 0 Å². The fourth-order valence-electron chi connectivity index (χ4n) is 1.35. The fraction of sp³-hybridized carbons (Fsp3) is 0.357. The van der Waals surface area contributed by atoms with Gasteiger partial charge in [-0.15, -0.1) is 0 Å². The molecule has 1 aromatic rings. The van der Waals surface area contributed by atoms with Crippen LogP contribution in [-0.4, -0.2) is 18.2 Å². The fourth-order valence-corrected chi connectivity index (χ4v) is 1.35. The first-order valence-electron chi connectivity index (χ1n) is 5.58. The van der Waals surface area contributed by atoms with Gasteiger partial charge in [0, 0.05) is 0 Å². The number of hydrogen-bond donors (Lipinski definition) is 0. The normalized spacial score (nSPS) is 10.8. The number of carbonyl (C=O) groups excluding carboxylic acids is 1. The third-order valence-corrected chi connectivity index (χ3v) is 2.23. The van der Waals surface area contributed by atoms with Gasteiger partial charge in [-0.3, -0.25) is 0 Å². The Labute approximate surface area is 102 Å². The SMILES string of the molecule is C=Cc1cccc(OC(C)(C)C(=O)OCC)c1. The van der Waals surface area contributed by atoms with E-state index < -0.39 is 5.60 Å². The molecule has 0 amide bonds. The van der Waals surface area contributed by atoms with Crippen LogP contribution in [0.3, 0.4) is 0 Å². The molecule has 17 heavy (non-hydrogen) atoms. The number of carbonyl (C=O) groups is 1. The topological polar surface area (TPSA) is 35.5 Å². The maximum atomic E-state index is 11.7. The lowest BCUT2D eigenvalue weighted by molar-refractivity contribution is -0.158. The van der Waals surface area contributed by atoms with Gasteiger partial charge in [-0.25, -0.2) is 4.79 Å². The van der Waals surface area contributed by atoms with E-state index >= 15 is 0 Å². The van der Waals surface area contributed by atoms with E-state index in [4.69, 9.17) is 9.47 Å². The van der Waals surface area contributed by atoms with Gasteiger partial charge >= 0.3 is 5.97 Å². The Bertz CT molecular complexity index is 408. The molecule has 0 saturated carbocycles. The maximum Gasteiger partial charge on any atom is 0.349 e. The summed E-state index contributed by atoms with van der Waals surface area (Å²) in [6.07, 6.45) is 1.73. The Kier molecular flexibility index (Phi) is 4.32. The van der Waals surface area contributed by atoms with Gasteiger partial charge in [-0.1, -0.05) is 24.8 Å². The monoisotopic (exact) mass is 234 g/mol. The molecule has 92 valence electrons. The second-order valence-corrected chi connectivity index (χ2v) is 4.11. The lowest BCUT2D eigenvalue weighted by Gasteiger charge is -2.24. The summed E-state index contributed by atoms with van der Waals surface area (Å²) in [7, 11) is 0. The Morgan fingerprint density at radius 2 is 2.18 bits per heavy atom. The van der Waals surface area contributed by atoms with Crippen LogP contribution in [0.1, 0.15) is 26.3 Å². The second kappa shape index (κ2) is 5.53. The molecule has 3 nitrogen and oxygen atoms in total. The summed E-state index contributed by atoms with van der Waals surface area (Å²) in [6, 6.07) is 7.40. The molecule has 1 aromatic carbocycles. The molecule has 3 heteroatoms. The quantitative estimate of drug-likeness (QED) is 0.734. The third-order valence-electron chi connectivity index (χ3n) is 2.23. The number of ether oxygens (including phenoxy) is 2. The largest absolute Gasteiger partial charge is 0.476 e. The minimum Gasteiger partial charge on any atom is -0.476 e. The predicted molar refractivity (Wildman–Crippen MR) is 67.9 cm³/mol. The highest BCUT2D eigenvalue weighted by molar-refractivity contribution is 5.79. The number of hydrogen-bond acceptors (Lipinski definition) is 3. The van der Waals surface area contributed by atoms with Crippen LogP contribution < -0.4 is 4.74 Å². The summed E-state index contributed by atoms with van der Waals surface area (Å²) in [5.74, 6) is 0.254. The van der Waals surface area contributed by atoms with Gasteiger partial charge in [0.1, 0.15) is 5.75 Å². The molecule has 1 rings (SSSR count). The lowest BCUT2D eigenvalue weighted by Crippen LogP contribution is -2.39.